The molecule has 3 rings (SSSR count). The molecule has 3 aliphatic rings. The Hall–Kier alpha value is -0.750. The van der Waals surface area contributed by atoms with Gasteiger partial charge in [-0.15, -0.1) is 0 Å². The monoisotopic (exact) mass is 261 g/mol. The third-order valence-electron chi connectivity index (χ3n) is 4.59. The van der Waals surface area contributed by atoms with Crippen LogP contribution in [0.15, 0.2) is 12.3 Å². The van der Waals surface area contributed by atoms with Crippen molar-refractivity contribution in [2.24, 2.45) is 5.41 Å². The number of nitrogens with one attached hydrogen (secondary N) is 1. The minimum atomic E-state index is -2.68. The molecule has 18 heavy (non-hydrogen) atoms. The van der Waals surface area contributed by atoms with E-state index in [9.17, 15) is 13.2 Å². The van der Waals surface area contributed by atoms with Gasteiger partial charge >= 0.3 is 0 Å². The van der Waals surface area contributed by atoms with Crippen LogP contribution in [-0.2, 0) is 0 Å². The normalized spacial score (nSPS) is 35.1. The fraction of sp³-hybridized carbons (Fsp3) is 0.833. The third-order valence-corrected chi connectivity index (χ3v) is 4.59. The second-order valence-corrected chi connectivity index (χ2v) is 5.80. The van der Waals surface area contributed by atoms with E-state index in [4.69, 9.17) is 0 Å². The van der Waals surface area contributed by atoms with Crippen molar-refractivity contribution >= 4 is 0 Å². The second kappa shape index (κ2) is 3.42. The first kappa shape index (κ1) is 12.3. The van der Waals surface area contributed by atoms with Crippen molar-refractivity contribution < 1.29 is 13.2 Å². The first-order chi connectivity index (χ1) is 8.29. The number of rotatable bonds is 2. The lowest BCUT2D eigenvalue weighted by molar-refractivity contribution is -0.295. The molecule has 3 fully saturated rings. The highest BCUT2D eigenvalue weighted by molar-refractivity contribution is 5.34. The topological polar surface area (TPSA) is 18.5 Å². The number of nitrogens with zero attached hydrogens (tertiary/aromatic N) is 2. The van der Waals surface area contributed by atoms with Crippen molar-refractivity contribution in [3.05, 3.63) is 12.3 Å². The Labute approximate surface area is 105 Å². The van der Waals surface area contributed by atoms with Gasteiger partial charge in [-0.05, 0) is 25.9 Å². The molecule has 0 amide bonds. The molecule has 0 aromatic heterocycles. The molecule has 1 atom stereocenters. The van der Waals surface area contributed by atoms with E-state index in [1.807, 2.05) is 0 Å². The van der Waals surface area contributed by atoms with Crippen molar-refractivity contribution in [2.75, 3.05) is 26.2 Å². The summed E-state index contributed by atoms with van der Waals surface area (Å²) in [7, 11) is 0. The molecule has 6 heteroatoms. The molecule has 0 radical (unpaired) electrons. The Morgan fingerprint density at radius 1 is 1.39 bits per heavy atom. The number of piperidine rings is 1. The predicted molar refractivity (Wildman–Crippen MR) is 61.5 cm³/mol. The maximum Gasteiger partial charge on any atom is 0.257 e. The lowest BCUT2D eigenvalue weighted by Crippen LogP contribution is -2.86. The van der Waals surface area contributed by atoms with Crippen LogP contribution in [0.25, 0.3) is 0 Å². The molecular weight excluding hydrogens is 243 g/mol. The number of hydrogen-bond acceptors (Lipinski definition) is 3. The second-order valence-electron chi connectivity index (χ2n) is 5.80. The van der Waals surface area contributed by atoms with Crippen molar-refractivity contribution in [3.63, 3.8) is 0 Å². The van der Waals surface area contributed by atoms with E-state index in [-0.39, 0.29) is 6.54 Å². The maximum atomic E-state index is 14.6. The fourth-order valence-electron chi connectivity index (χ4n) is 3.53. The molecule has 1 N–H and O–H groups in total. The summed E-state index contributed by atoms with van der Waals surface area (Å²) in [5.74, 6) is -4.01. The maximum absolute atomic E-state index is 14.6. The van der Waals surface area contributed by atoms with E-state index in [1.54, 1.807) is 4.90 Å². The van der Waals surface area contributed by atoms with Crippen LogP contribution in [0.4, 0.5) is 13.2 Å². The summed E-state index contributed by atoms with van der Waals surface area (Å²) in [6, 6.07) is 0. The van der Waals surface area contributed by atoms with Crippen molar-refractivity contribution in [3.8, 4) is 0 Å². The molecule has 1 spiro atoms. The summed E-state index contributed by atoms with van der Waals surface area (Å²) in [5, 5.41) is 1.48. The number of likely N-dealkylation sites (tertiary alicyclic amines) is 1. The van der Waals surface area contributed by atoms with Gasteiger partial charge in [0.25, 0.3) is 5.92 Å². The van der Waals surface area contributed by atoms with Crippen LogP contribution in [0.3, 0.4) is 0 Å². The Balaban J connectivity index is 1.65. The van der Waals surface area contributed by atoms with Crippen LogP contribution in [0.5, 0.6) is 0 Å². The lowest BCUT2D eigenvalue weighted by atomic mass is 9.60. The third kappa shape index (κ3) is 1.39. The highest BCUT2D eigenvalue weighted by Crippen LogP contribution is 2.63. The van der Waals surface area contributed by atoms with Crippen LogP contribution in [0.2, 0.25) is 0 Å². The van der Waals surface area contributed by atoms with Gasteiger partial charge in [0.2, 0.25) is 5.79 Å². The van der Waals surface area contributed by atoms with E-state index in [0.29, 0.717) is 32.5 Å². The summed E-state index contributed by atoms with van der Waals surface area (Å²) < 4.78 is 40.5. The van der Waals surface area contributed by atoms with Crippen LogP contribution in [0.1, 0.15) is 19.8 Å². The average Bonchev–Trinajstić information content (AvgIpc) is 2.25. The first-order valence-electron chi connectivity index (χ1n) is 6.31. The fourth-order valence-corrected chi connectivity index (χ4v) is 3.53. The molecule has 3 aliphatic heterocycles. The van der Waals surface area contributed by atoms with Gasteiger partial charge < -0.3 is 0 Å². The Bertz CT molecular complexity index is 385. The van der Waals surface area contributed by atoms with Gasteiger partial charge in [-0.25, -0.2) is 18.6 Å². The van der Waals surface area contributed by atoms with Gasteiger partial charge in [-0.2, -0.15) is 0 Å². The summed E-state index contributed by atoms with van der Waals surface area (Å²) in [4.78, 5) is 1.72. The Morgan fingerprint density at radius 2 is 2.00 bits per heavy atom. The standard InChI is InChI=1S/C12H18F3N3/c1-9-11(12(15)7-16-18(9)12)3-5-17(6-4-11)8-10(2,13)14/h16H,1,3-8H2,2H3. The Morgan fingerprint density at radius 3 is 2.39 bits per heavy atom. The minimum absolute atomic E-state index is 0.239. The zero-order valence-electron chi connectivity index (χ0n) is 10.5. The molecule has 0 aliphatic carbocycles. The van der Waals surface area contributed by atoms with Crippen molar-refractivity contribution in [1.29, 1.82) is 0 Å². The number of hydrogen-bond donors (Lipinski definition) is 1. The number of hydrazine groups is 1. The van der Waals surface area contributed by atoms with Gasteiger partial charge in [0, 0.05) is 12.6 Å². The average molecular weight is 261 g/mol. The van der Waals surface area contributed by atoms with E-state index in [2.05, 4.69) is 12.0 Å². The summed E-state index contributed by atoms with van der Waals surface area (Å²) in [6.07, 6.45) is 1.16. The minimum Gasteiger partial charge on any atom is -0.297 e. The number of fused-ring (bicyclic) bond motifs is 2. The molecule has 0 saturated carbocycles. The smallest absolute Gasteiger partial charge is 0.257 e. The zero-order valence-corrected chi connectivity index (χ0v) is 10.5. The highest BCUT2D eigenvalue weighted by Gasteiger charge is 2.73. The van der Waals surface area contributed by atoms with E-state index in [0.717, 1.165) is 12.6 Å². The van der Waals surface area contributed by atoms with E-state index < -0.39 is 17.1 Å². The summed E-state index contributed by atoms with van der Waals surface area (Å²) >= 11 is 0. The highest BCUT2D eigenvalue weighted by atomic mass is 19.3. The molecule has 0 aromatic rings. The van der Waals surface area contributed by atoms with Gasteiger partial charge in [-0.1, -0.05) is 6.58 Å². The SMILES string of the molecule is C=C1N2NCC2(F)C12CCN(CC(C)(F)F)CC2. The number of alkyl halides is 3. The van der Waals surface area contributed by atoms with E-state index >= 15 is 0 Å². The molecule has 3 heterocycles. The molecule has 102 valence electrons. The van der Waals surface area contributed by atoms with Crippen molar-refractivity contribution in [2.45, 2.75) is 31.5 Å². The molecule has 1 unspecified atom stereocenters. The first-order valence-corrected chi connectivity index (χ1v) is 6.31. The molecule has 3 saturated heterocycles. The van der Waals surface area contributed by atoms with Crippen molar-refractivity contribution in [1.82, 2.24) is 15.3 Å². The van der Waals surface area contributed by atoms with Gasteiger partial charge in [-0.3, -0.25) is 9.91 Å². The quantitative estimate of drug-likeness (QED) is 0.764. The Kier molecular flexibility index (Phi) is 2.33. The molecule has 0 bridgehead atoms. The summed E-state index contributed by atoms with van der Waals surface area (Å²) in [5.41, 5.74) is 3.14. The van der Waals surface area contributed by atoms with Gasteiger partial charge in [0.05, 0.1) is 18.5 Å². The molecule has 3 nitrogen and oxygen atoms in total. The van der Waals surface area contributed by atoms with Crippen LogP contribution >= 0.6 is 0 Å². The van der Waals surface area contributed by atoms with Crippen LogP contribution in [0, 0.1) is 5.41 Å². The largest absolute Gasteiger partial charge is 0.297 e. The van der Waals surface area contributed by atoms with Crippen LogP contribution < -0.4 is 5.43 Å². The zero-order chi connectivity index (χ0) is 13.2. The predicted octanol–water partition coefficient (Wildman–Crippen LogP) is 1.74. The molecule has 0 aromatic carbocycles. The molecular formula is C12H18F3N3. The van der Waals surface area contributed by atoms with E-state index in [1.165, 1.54) is 5.01 Å². The van der Waals surface area contributed by atoms with Crippen LogP contribution in [-0.4, -0.2) is 47.8 Å². The van der Waals surface area contributed by atoms with Gasteiger partial charge in [0.1, 0.15) is 0 Å². The summed E-state index contributed by atoms with van der Waals surface area (Å²) in [6.45, 7) is 5.95. The number of halogens is 3. The lowest BCUT2D eigenvalue weighted by Gasteiger charge is -2.71. The van der Waals surface area contributed by atoms with Gasteiger partial charge in [0.15, 0.2) is 0 Å².